The highest BCUT2D eigenvalue weighted by molar-refractivity contribution is 7.91. The molecule has 0 aliphatic carbocycles. The van der Waals surface area contributed by atoms with Crippen LogP contribution in [0.3, 0.4) is 0 Å². The fourth-order valence-corrected chi connectivity index (χ4v) is 4.19. The van der Waals surface area contributed by atoms with Crippen molar-refractivity contribution in [2.45, 2.75) is 36.5 Å². The van der Waals surface area contributed by atoms with Crippen LogP contribution in [0.4, 0.5) is 11.4 Å². The highest BCUT2D eigenvalue weighted by atomic mass is 32.2. The van der Waals surface area contributed by atoms with Crippen LogP contribution in [0, 0.1) is 20.2 Å². The summed E-state index contributed by atoms with van der Waals surface area (Å²) in [6, 6.07) is 8.04. The van der Waals surface area contributed by atoms with Crippen LogP contribution in [0.5, 0.6) is 0 Å². The number of carbonyl (C=O) groups is 2. The van der Waals surface area contributed by atoms with Crippen molar-refractivity contribution in [2.24, 2.45) is 0 Å². The number of nitrogens with zero attached hydrogens (tertiary/aromatic N) is 2. The first-order valence-electron chi connectivity index (χ1n) is 8.06. The summed E-state index contributed by atoms with van der Waals surface area (Å²) in [6.45, 7) is 2.53. The maximum atomic E-state index is 13.1. The van der Waals surface area contributed by atoms with E-state index in [9.17, 15) is 34.4 Å². The third kappa shape index (κ3) is 4.59. The predicted molar refractivity (Wildman–Crippen MR) is 99.6 cm³/mol. The van der Waals surface area contributed by atoms with Crippen LogP contribution in [-0.4, -0.2) is 26.0 Å². The molecule has 0 amide bonds. The lowest BCUT2D eigenvalue weighted by atomic mass is 10.1. The van der Waals surface area contributed by atoms with Gasteiger partial charge in [-0.1, -0.05) is 24.3 Å². The van der Waals surface area contributed by atoms with Crippen LogP contribution < -0.4 is 0 Å². The Morgan fingerprint density at radius 3 is 1.46 bits per heavy atom. The molecule has 0 aliphatic rings. The summed E-state index contributed by atoms with van der Waals surface area (Å²) in [4.78, 5) is 44.0. The third-order valence-corrected chi connectivity index (χ3v) is 5.27. The molecule has 146 valence electrons. The molecule has 28 heavy (non-hydrogen) atoms. The highest BCUT2D eigenvalue weighted by Gasteiger charge is 2.36. The topological polar surface area (TPSA) is 143 Å². The summed E-state index contributed by atoms with van der Waals surface area (Å²) in [5.74, 6) is -0.638. The van der Waals surface area contributed by atoms with Crippen LogP contribution in [0.2, 0.25) is 0 Å². The van der Waals surface area contributed by atoms with Crippen molar-refractivity contribution in [1.82, 2.24) is 0 Å². The highest BCUT2D eigenvalue weighted by Crippen LogP contribution is 2.37. The third-order valence-electron chi connectivity index (χ3n) is 3.81. The van der Waals surface area contributed by atoms with Crippen LogP contribution in [0.25, 0.3) is 0 Å². The van der Waals surface area contributed by atoms with Crippen molar-refractivity contribution >= 4 is 34.1 Å². The number of benzene rings is 2. The van der Waals surface area contributed by atoms with Gasteiger partial charge in [-0.15, -0.1) is 0 Å². The van der Waals surface area contributed by atoms with Gasteiger partial charge in [0, 0.05) is 47.3 Å². The van der Waals surface area contributed by atoms with Gasteiger partial charge in [-0.3, -0.25) is 29.8 Å². The first-order chi connectivity index (χ1) is 13.1. The molecule has 2 rings (SSSR count). The number of nitro groups is 2. The van der Waals surface area contributed by atoms with Crippen molar-refractivity contribution < 1.29 is 24.0 Å². The van der Waals surface area contributed by atoms with Crippen LogP contribution in [-0.2, 0) is 33.6 Å². The normalized spacial score (nSPS) is 10.7. The van der Waals surface area contributed by atoms with E-state index in [1.54, 1.807) is 0 Å². The molecule has 0 saturated carbocycles. The minimum Gasteiger partial charge on any atom is -0.606 e. The molecule has 0 N–H and O–H groups in total. The molecule has 0 bridgehead atoms. The van der Waals surface area contributed by atoms with Gasteiger partial charge in [0.15, 0.2) is 0 Å². The maximum absolute atomic E-state index is 13.1. The van der Waals surface area contributed by atoms with E-state index in [2.05, 4.69) is 0 Å². The van der Waals surface area contributed by atoms with E-state index in [0.717, 1.165) is 0 Å². The summed E-state index contributed by atoms with van der Waals surface area (Å²) < 4.78 is 13.1. The van der Waals surface area contributed by atoms with Gasteiger partial charge in [-0.25, -0.2) is 0 Å². The molecule has 2 aromatic rings. The number of nitro benzene ring substituents is 2. The van der Waals surface area contributed by atoms with Crippen molar-refractivity contribution in [3.05, 3.63) is 67.8 Å². The van der Waals surface area contributed by atoms with E-state index in [-0.39, 0.29) is 45.3 Å². The predicted octanol–water partition coefficient (Wildman–Crippen LogP) is 2.93. The van der Waals surface area contributed by atoms with Crippen LogP contribution in [0.1, 0.15) is 25.0 Å². The Morgan fingerprint density at radius 2 is 1.18 bits per heavy atom. The van der Waals surface area contributed by atoms with Crippen LogP contribution >= 0.6 is 0 Å². The summed E-state index contributed by atoms with van der Waals surface area (Å²) in [7, 11) is 0. The van der Waals surface area contributed by atoms with Gasteiger partial charge in [-0.2, -0.15) is 0 Å². The fraction of sp³-hybridized carbons (Fsp3) is 0.222. The molecule has 0 radical (unpaired) electrons. The number of hydrogen-bond donors (Lipinski definition) is 0. The molecule has 0 heterocycles. The largest absolute Gasteiger partial charge is 0.606 e. The fourth-order valence-electron chi connectivity index (χ4n) is 2.79. The van der Waals surface area contributed by atoms with Crippen molar-refractivity contribution in [1.29, 1.82) is 0 Å². The Labute approximate surface area is 162 Å². The zero-order chi connectivity index (χ0) is 21.0. The Morgan fingerprint density at radius 1 is 0.821 bits per heavy atom. The minimum atomic E-state index is -2.27. The van der Waals surface area contributed by atoms with Gasteiger partial charge in [0.1, 0.15) is 11.6 Å². The average molecular weight is 404 g/mol. The molecule has 9 nitrogen and oxygen atoms in total. The van der Waals surface area contributed by atoms with Crippen molar-refractivity contribution in [2.75, 3.05) is 0 Å². The number of rotatable bonds is 8. The Hall–Kier alpha value is -3.11. The molecule has 0 aliphatic heterocycles. The first-order valence-corrected chi connectivity index (χ1v) is 9.21. The SMILES string of the molecule is CC(=O)Cc1cccc([S+]([O-])c2cccc(CC(C)=O)c2[N+](=O)[O-])c1[N+](=O)[O-]. The molecule has 0 aromatic heterocycles. The summed E-state index contributed by atoms with van der Waals surface area (Å²) in [5.41, 5.74) is -0.874. The lowest BCUT2D eigenvalue weighted by molar-refractivity contribution is -0.389. The zero-order valence-corrected chi connectivity index (χ0v) is 15.9. The Kier molecular flexibility index (Phi) is 6.60. The maximum Gasteiger partial charge on any atom is 0.327 e. The van der Waals surface area contributed by atoms with Crippen molar-refractivity contribution in [3.8, 4) is 0 Å². The number of carbonyl (C=O) groups excluding carboxylic acids is 2. The number of para-hydroxylation sites is 2. The second-order valence-corrected chi connectivity index (χ2v) is 7.49. The second kappa shape index (κ2) is 8.72. The second-order valence-electron chi connectivity index (χ2n) is 6.07. The van der Waals surface area contributed by atoms with E-state index in [1.165, 1.54) is 50.2 Å². The standard InChI is InChI=1S/C18H16N2O7S/c1-11(21)9-13-5-3-7-15(17(13)19(23)24)28(27)16-8-4-6-14(10-12(2)22)18(16)20(25)26/h3-8H,9-10H2,1-2H3. The molecular formula is C18H16N2O7S. The van der Waals surface area contributed by atoms with Crippen LogP contribution in [0.15, 0.2) is 46.2 Å². The zero-order valence-electron chi connectivity index (χ0n) is 15.0. The molecule has 0 saturated heterocycles. The molecule has 0 fully saturated rings. The number of Topliss-reactive ketones (excluding diaryl/α,β-unsaturated/α-hetero) is 2. The number of hydrogen-bond acceptors (Lipinski definition) is 7. The summed E-state index contributed by atoms with van der Waals surface area (Å²) in [6.07, 6.45) is -0.457. The quantitative estimate of drug-likeness (QED) is 0.374. The van der Waals surface area contributed by atoms with E-state index < -0.39 is 32.4 Å². The summed E-state index contributed by atoms with van der Waals surface area (Å²) in [5, 5.41) is 23.1. The molecule has 0 spiro atoms. The monoisotopic (exact) mass is 404 g/mol. The molecule has 10 heteroatoms. The molecule has 2 aromatic carbocycles. The van der Waals surface area contributed by atoms with E-state index in [1.807, 2.05) is 0 Å². The Balaban J connectivity index is 2.68. The first kappa shape index (κ1) is 21.2. The molecule has 0 unspecified atom stereocenters. The number of ketones is 2. The smallest absolute Gasteiger partial charge is 0.327 e. The lowest BCUT2D eigenvalue weighted by Gasteiger charge is -2.13. The van der Waals surface area contributed by atoms with Crippen molar-refractivity contribution in [3.63, 3.8) is 0 Å². The van der Waals surface area contributed by atoms with E-state index >= 15 is 0 Å². The molecular weight excluding hydrogens is 388 g/mol. The molecule has 0 atom stereocenters. The van der Waals surface area contributed by atoms with Gasteiger partial charge in [-0.05, 0) is 13.8 Å². The van der Waals surface area contributed by atoms with E-state index in [0.29, 0.717) is 0 Å². The van der Waals surface area contributed by atoms with E-state index in [4.69, 9.17) is 0 Å². The van der Waals surface area contributed by atoms with Gasteiger partial charge >= 0.3 is 11.4 Å². The summed E-state index contributed by atoms with van der Waals surface area (Å²) >= 11 is -2.27. The van der Waals surface area contributed by atoms with Gasteiger partial charge in [0.25, 0.3) is 0 Å². The Bertz CT molecular complexity index is 897. The average Bonchev–Trinajstić information content (AvgIpc) is 2.59. The van der Waals surface area contributed by atoms with Gasteiger partial charge in [0.05, 0.1) is 9.85 Å². The lowest BCUT2D eigenvalue weighted by Crippen LogP contribution is -2.12. The minimum absolute atomic E-state index is 0.0749. The van der Waals surface area contributed by atoms with Gasteiger partial charge < -0.3 is 4.55 Å². The van der Waals surface area contributed by atoms with Gasteiger partial charge in [0.2, 0.25) is 9.79 Å².